The van der Waals surface area contributed by atoms with E-state index in [1.54, 1.807) is 0 Å². The summed E-state index contributed by atoms with van der Waals surface area (Å²) in [6, 6.07) is 4.02. The molecule has 0 spiro atoms. The third kappa shape index (κ3) is 4.10. The van der Waals surface area contributed by atoms with Gasteiger partial charge in [0.2, 0.25) is 0 Å². The number of aliphatic hydroxyl groups is 1. The lowest BCUT2D eigenvalue weighted by atomic mass is 10.1. The second-order valence-electron chi connectivity index (χ2n) is 5.17. The number of benzene rings is 1. The number of hydrogen-bond donors (Lipinski definition) is 1. The summed E-state index contributed by atoms with van der Waals surface area (Å²) in [5.41, 5.74) is 2.42. The summed E-state index contributed by atoms with van der Waals surface area (Å²) in [5.74, 6) is 1.03. The van der Waals surface area contributed by atoms with Crippen LogP contribution in [0.1, 0.15) is 30.4 Å². The summed E-state index contributed by atoms with van der Waals surface area (Å²) < 4.78 is 5.71. The van der Waals surface area contributed by atoms with E-state index in [9.17, 15) is 0 Å². The summed E-state index contributed by atoms with van der Waals surface area (Å²) in [5, 5.41) is 9.56. The lowest BCUT2D eigenvalue weighted by Crippen LogP contribution is -2.19. The molecule has 1 N–H and O–H groups in total. The summed E-state index contributed by atoms with van der Waals surface area (Å²) in [7, 11) is 2.11. The van der Waals surface area contributed by atoms with Crippen LogP contribution < -0.4 is 4.74 Å². The first-order valence-electron chi connectivity index (χ1n) is 6.94. The highest BCUT2D eigenvalue weighted by atomic mass is 35.5. The maximum atomic E-state index is 8.76. The third-order valence-electron chi connectivity index (χ3n) is 3.46. The van der Waals surface area contributed by atoms with E-state index in [0.29, 0.717) is 6.61 Å². The van der Waals surface area contributed by atoms with Crippen LogP contribution in [-0.4, -0.2) is 36.8 Å². The highest BCUT2D eigenvalue weighted by Gasteiger charge is 2.18. The van der Waals surface area contributed by atoms with Gasteiger partial charge in [-0.1, -0.05) is 11.6 Å². The fourth-order valence-electron chi connectivity index (χ4n) is 2.50. The van der Waals surface area contributed by atoms with Crippen molar-refractivity contribution in [1.82, 2.24) is 4.90 Å². The molecule has 106 valence electrons. The Morgan fingerprint density at radius 2 is 2.16 bits per heavy atom. The molecule has 0 bridgehead atoms. The number of rotatable bonds is 7. The molecular formula is C15H22ClNO2. The molecular weight excluding hydrogens is 262 g/mol. The van der Waals surface area contributed by atoms with Crippen molar-refractivity contribution in [2.75, 3.05) is 26.8 Å². The molecule has 0 unspecified atom stereocenters. The number of hydrogen-bond acceptors (Lipinski definition) is 3. The highest BCUT2D eigenvalue weighted by Crippen LogP contribution is 2.33. The Hall–Kier alpha value is -0.770. The average molecular weight is 284 g/mol. The van der Waals surface area contributed by atoms with E-state index in [2.05, 4.69) is 11.9 Å². The third-order valence-corrected chi connectivity index (χ3v) is 3.68. The SMILES string of the molecule is CN(CCCCCO)Cc1cc(Cl)cc2c1OCC2. The molecule has 1 aromatic carbocycles. The predicted molar refractivity (Wildman–Crippen MR) is 77.9 cm³/mol. The monoisotopic (exact) mass is 283 g/mol. The first kappa shape index (κ1) is 14.6. The van der Waals surface area contributed by atoms with Crippen LogP contribution in [0, 0.1) is 0 Å². The van der Waals surface area contributed by atoms with Crippen LogP contribution in [-0.2, 0) is 13.0 Å². The average Bonchev–Trinajstić information content (AvgIpc) is 2.82. The smallest absolute Gasteiger partial charge is 0.127 e. The number of aliphatic hydroxyl groups excluding tert-OH is 1. The molecule has 0 aliphatic carbocycles. The summed E-state index contributed by atoms with van der Waals surface area (Å²) in [6.45, 7) is 2.95. The van der Waals surface area contributed by atoms with Crippen LogP contribution in [0.15, 0.2) is 12.1 Å². The molecule has 0 atom stereocenters. The van der Waals surface area contributed by atoms with Gasteiger partial charge in [0.1, 0.15) is 5.75 Å². The number of fused-ring (bicyclic) bond motifs is 1. The minimum absolute atomic E-state index is 0.291. The summed E-state index contributed by atoms with van der Waals surface area (Å²) in [6.07, 6.45) is 4.04. The number of unbranched alkanes of at least 4 members (excludes halogenated alkanes) is 2. The number of ether oxygens (including phenoxy) is 1. The molecule has 0 aromatic heterocycles. The van der Waals surface area contributed by atoms with E-state index < -0.39 is 0 Å². The Kier molecular flexibility index (Phi) is 5.49. The highest BCUT2D eigenvalue weighted by molar-refractivity contribution is 6.30. The summed E-state index contributed by atoms with van der Waals surface area (Å²) in [4.78, 5) is 2.28. The van der Waals surface area contributed by atoms with Crippen molar-refractivity contribution >= 4 is 11.6 Å². The molecule has 0 radical (unpaired) electrons. The minimum atomic E-state index is 0.291. The molecule has 0 fully saturated rings. The molecule has 1 aliphatic rings. The van der Waals surface area contributed by atoms with Crippen LogP contribution in [0.3, 0.4) is 0 Å². The van der Waals surface area contributed by atoms with E-state index in [-0.39, 0.29) is 0 Å². The largest absolute Gasteiger partial charge is 0.493 e. The zero-order valence-electron chi connectivity index (χ0n) is 11.5. The second kappa shape index (κ2) is 7.13. The number of nitrogens with zero attached hydrogens (tertiary/aromatic N) is 1. The maximum absolute atomic E-state index is 8.76. The molecule has 4 heteroatoms. The number of halogens is 1. The zero-order valence-corrected chi connectivity index (χ0v) is 12.2. The predicted octanol–water partition coefficient (Wildman–Crippen LogP) is 2.87. The van der Waals surface area contributed by atoms with E-state index in [1.807, 2.05) is 12.1 Å². The van der Waals surface area contributed by atoms with Crippen molar-refractivity contribution in [3.63, 3.8) is 0 Å². The fourth-order valence-corrected chi connectivity index (χ4v) is 2.77. The second-order valence-corrected chi connectivity index (χ2v) is 5.61. The molecule has 3 nitrogen and oxygen atoms in total. The van der Waals surface area contributed by atoms with Crippen molar-refractivity contribution in [3.8, 4) is 5.75 Å². The van der Waals surface area contributed by atoms with Crippen molar-refractivity contribution in [1.29, 1.82) is 0 Å². The molecule has 1 aromatic rings. The Labute approximate surface area is 120 Å². The topological polar surface area (TPSA) is 32.7 Å². The van der Waals surface area contributed by atoms with Crippen molar-refractivity contribution in [2.24, 2.45) is 0 Å². The normalized spacial score (nSPS) is 13.7. The molecule has 19 heavy (non-hydrogen) atoms. The van der Waals surface area contributed by atoms with Crippen LogP contribution in [0.2, 0.25) is 5.02 Å². The van der Waals surface area contributed by atoms with E-state index >= 15 is 0 Å². The molecule has 1 heterocycles. The first-order chi connectivity index (χ1) is 9.20. The molecule has 0 saturated heterocycles. The van der Waals surface area contributed by atoms with Gasteiger partial charge >= 0.3 is 0 Å². The van der Waals surface area contributed by atoms with Gasteiger partial charge in [0.25, 0.3) is 0 Å². The van der Waals surface area contributed by atoms with Crippen LogP contribution in [0.5, 0.6) is 5.75 Å². The van der Waals surface area contributed by atoms with Gasteiger partial charge in [-0.25, -0.2) is 0 Å². The van der Waals surface area contributed by atoms with Crippen molar-refractivity contribution in [2.45, 2.75) is 32.2 Å². The summed E-state index contributed by atoms with van der Waals surface area (Å²) >= 11 is 6.16. The van der Waals surface area contributed by atoms with Crippen LogP contribution in [0.4, 0.5) is 0 Å². The lowest BCUT2D eigenvalue weighted by molar-refractivity contribution is 0.269. The quantitative estimate of drug-likeness (QED) is 0.781. The van der Waals surface area contributed by atoms with Gasteiger partial charge < -0.3 is 14.7 Å². The Balaban J connectivity index is 1.92. The molecule has 0 amide bonds. The standard InChI is InChI=1S/C15H22ClNO2/c1-17(6-3-2-4-7-18)11-13-10-14(16)9-12-5-8-19-15(12)13/h9-10,18H,2-8,11H2,1H3. The van der Waals surface area contributed by atoms with Gasteiger partial charge in [0, 0.05) is 30.2 Å². The van der Waals surface area contributed by atoms with Gasteiger partial charge in [-0.3, -0.25) is 0 Å². The van der Waals surface area contributed by atoms with Crippen molar-refractivity contribution < 1.29 is 9.84 Å². The molecule has 0 saturated carbocycles. The van der Waals surface area contributed by atoms with E-state index in [1.165, 1.54) is 11.1 Å². The molecule has 1 aliphatic heterocycles. The lowest BCUT2D eigenvalue weighted by Gasteiger charge is -2.18. The Bertz CT molecular complexity index is 423. The van der Waals surface area contributed by atoms with Crippen LogP contribution >= 0.6 is 11.6 Å². The Morgan fingerprint density at radius 1 is 1.32 bits per heavy atom. The van der Waals surface area contributed by atoms with Gasteiger partial charge in [-0.15, -0.1) is 0 Å². The maximum Gasteiger partial charge on any atom is 0.127 e. The van der Waals surface area contributed by atoms with Crippen LogP contribution in [0.25, 0.3) is 0 Å². The zero-order chi connectivity index (χ0) is 13.7. The Morgan fingerprint density at radius 3 is 2.95 bits per heavy atom. The first-order valence-corrected chi connectivity index (χ1v) is 7.32. The van der Waals surface area contributed by atoms with Gasteiger partial charge in [-0.05, 0) is 50.6 Å². The molecule has 2 rings (SSSR count). The van der Waals surface area contributed by atoms with Gasteiger partial charge in [0.05, 0.1) is 6.61 Å². The fraction of sp³-hybridized carbons (Fsp3) is 0.600. The van der Waals surface area contributed by atoms with Gasteiger partial charge in [-0.2, -0.15) is 0 Å². The van der Waals surface area contributed by atoms with E-state index in [4.69, 9.17) is 21.4 Å². The minimum Gasteiger partial charge on any atom is -0.493 e. The van der Waals surface area contributed by atoms with Gasteiger partial charge in [0.15, 0.2) is 0 Å². The van der Waals surface area contributed by atoms with E-state index in [0.717, 1.165) is 56.2 Å². The van der Waals surface area contributed by atoms with Crippen molar-refractivity contribution in [3.05, 3.63) is 28.3 Å².